The summed E-state index contributed by atoms with van der Waals surface area (Å²) in [4.78, 5) is 26.5. The molecule has 3 rings (SSSR count). The molecule has 0 aromatic carbocycles. The van der Waals surface area contributed by atoms with Crippen LogP contribution in [0.2, 0.25) is 0 Å². The van der Waals surface area contributed by atoms with Crippen molar-refractivity contribution in [1.29, 1.82) is 0 Å². The van der Waals surface area contributed by atoms with Crippen LogP contribution in [0.5, 0.6) is 0 Å². The van der Waals surface area contributed by atoms with Crippen molar-refractivity contribution in [1.82, 2.24) is 20.3 Å². The lowest BCUT2D eigenvalue weighted by Crippen LogP contribution is -2.37. The molecular formula is C16H19F2N5O. The van der Waals surface area contributed by atoms with E-state index in [1.54, 1.807) is 12.4 Å². The standard InChI is InChI=1S/C16H19F2N5O/c17-14(18)9-20-15(24)7-11-2-5-23(6-3-11)16-12-1-4-19-8-13(12)21-10-22-16/h1,4,8,10-11,14H,2-3,5-7,9H2,(H,20,24). The van der Waals surface area contributed by atoms with Gasteiger partial charge in [0.05, 0.1) is 18.3 Å². The third kappa shape index (κ3) is 3.93. The topological polar surface area (TPSA) is 71.0 Å². The van der Waals surface area contributed by atoms with E-state index < -0.39 is 13.0 Å². The van der Waals surface area contributed by atoms with Gasteiger partial charge in [-0.1, -0.05) is 0 Å². The van der Waals surface area contributed by atoms with E-state index in [0.29, 0.717) is 6.42 Å². The van der Waals surface area contributed by atoms with Gasteiger partial charge in [-0.05, 0) is 24.8 Å². The molecule has 0 unspecified atom stereocenters. The average Bonchev–Trinajstić information content (AvgIpc) is 2.60. The fraction of sp³-hybridized carbons (Fsp3) is 0.500. The summed E-state index contributed by atoms with van der Waals surface area (Å²) in [6.07, 6.45) is 4.42. The number of carbonyl (C=O) groups is 1. The highest BCUT2D eigenvalue weighted by Crippen LogP contribution is 2.28. The molecule has 0 spiro atoms. The first-order valence-corrected chi connectivity index (χ1v) is 7.98. The number of amides is 1. The second-order valence-electron chi connectivity index (χ2n) is 5.92. The zero-order valence-electron chi connectivity index (χ0n) is 13.2. The zero-order valence-corrected chi connectivity index (χ0v) is 13.2. The molecular weight excluding hydrogens is 316 g/mol. The van der Waals surface area contributed by atoms with Crippen LogP contribution in [0, 0.1) is 5.92 Å². The molecule has 1 aliphatic heterocycles. The molecule has 0 atom stereocenters. The van der Waals surface area contributed by atoms with Gasteiger partial charge in [0.25, 0.3) is 6.43 Å². The highest BCUT2D eigenvalue weighted by molar-refractivity contribution is 5.88. The highest BCUT2D eigenvalue weighted by atomic mass is 19.3. The molecule has 0 saturated carbocycles. The molecule has 0 radical (unpaired) electrons. The molecule has 2 aromatic heterocycles. The smallest absolute Gasteiger partial charge is 0.255 e. The molecule has 24 heavy (non-hydrogen) atoms. The molecule has 6 nitrogen and oxygen atoms in total. The normalized spacial score (nSPS) is 15.9. The van der Waals surface area contributed by atoms with Crippen LogP contribution in [-0.2, 0) is 4.79 Å². The van der Waals surface area contributed by atoms with Crippen molar-refractivity contribution in [3.63, 3.8) is 0 Å². The lowest BCUT2D eigenvalue weighted by molar-refractivity contribution is -0.122. The van der Waals surface area contributed by atoms with Crippen LogP contribution in [0.3, 0.4) is 0 Å². The van der Waals surface area contributed by atoms with E-state index in [1.807, 2.05) is 6.07 Å². The number of nitrogens with zero attached hydrogens (tertiary/aromatic N) is 4. The largest absolute Gasteiger partial charge is 0.356 e. The number of hydrogen-bond donors (Lipinski definition) is 1. The maximum absolute atomic E-state index is 12.1. The van der Waals surface area contributed by atoms with Crippen molar-refractivity contribution in [2.24, 2.45) is 5.92 Å². The summed E-state index contributed by atoms with van der Waals surface area (Å²) in [5, 5.41) is 3.23. The second-order valence-corrected chi connectivity index (χ2v) is 5.92. The van der Waals surface area contributed by atoms with Gasteiger partial charge < -0.3 is 10.2 Å². The Morgan fingerprint density at radius 3 is 2.88 bits per heavy atom. The molecule has 3 heterocycles. The van der Waals surface area contributed by atoms with Gasteiger partial charge in [-0.3, -0.25) is 9.78 Å². The predicted octanol–water partition coefficient (Wildman–Crippen LogP) is 2.01. The van der Waals surface area contributed by atoms with Gasteiger partial charge in [0.1, 0.15) is 12.1 Å². The molecule has 1 fully saturated rings. The Balaban J connectivity index is 1.58. The van der Waals surface area contributed by atoms with E-state index in [0.717, 1.165) is 42.7 Å². The molecule has 128 valence electrons. The van der Waals surface area contributed by atoms with Gasteiger partial charge in [0.15, 0.2) is 0 Å². The summed E-state index contributed by atoms with van der Waals surface area (Å²) in [6.45, 7) is 0.987. The van der Waals surface area contributed by atoms with Crippen LogP contribution in [0.25, 0.3) is 10.9 Å². The quantitative estimate of drug-likeness (QED) is 0.905. The molecule has 1 aliphatic rings. The monoisotopic (exact) mass is 335 g/mol. The van der Waals surface area contributed by atoms with Crippen molar-refractivity contribution in [2.45, 2.75) is 25.7 Å². The van der Waals surface area contributed by atoms with Crippen LogP contribution in [-0.4, -0.2) is 46.9 Å². The fourth-order valence-corrected chi connectivity index (χ4v) is 3.02. The minimum absolute atomic E-state index is 0.216. The number of pyridine rings is 1. The van der Waals surface area contributed by atoms with Crippen molar-refractivity contribution in [3.8, 4) is 0 Å². The summed E-state index contributed by atoms with van der Waals surface area (Å²) >= 11 is 0. The second kappa shape index (κ2) is 7.46. The van der Waals surface area contributed by atoms with Crippen LogP contribution in [0.4, 0.5) is 14.6 Å². The number of piperidine rings is 1. The van der Waals surface area contributed by atoms with Crippen LogP contribution < -0.4 is 10.2 Å². The van der Waals surface area contributed by atoms with Gasteiger partial charge in [0.2, 0.25) is 5.91 Å². The number of alkyl halides is 2. The first kappa shape index (κ1) is 16.5. The van der Waals surface area contributed by atoms with Crippen LogP contribution in [0.15, 0.2) is 24.8 Å². The molecule has 1 saturated heterocycles. The van der Waals surface area contributed by atoms with E-state index in [1.165, 1.54) is 6.33 Å². The van der Waals surface area contributed by atoms with Gasteiger partial charge in [-0.15, -0.1) is 0 Å². The Morgan fingerprint density at radius 1 is 1.33 bits per heavy atom. The number of nitrogens with one attached hydrogen (secondary N) is 1. The van der Waals surface area contributed by atoms with Crippen molar-refractivity contribution >= 4 is 22.6 Å². The van der Waals surface area contributed by atoms with E-state index in [9.17, 15) is 13.6 Å². The average molecular weight is 335 g/mol. The van der Waals surface area contributed by atoms with Gasteiger partial charge >= 0.3 is 0 Å². The molecule has 1 amide bonds. The summed E-state index contributed by atoms with van der Waals surface area (Å²) < 4.78 is 24.2. The molecule has 1 N–H and O–H groups in total. The molecule has 0 bridgehead atoms. The Hall–Kier alpha value is -2.38. The third-order valence-corrected chi connectivity index (χ3v) is 4.26. The van der Waals surface area contributed by atoms with Gasteiger partial charge in [-0.2, -0.15) is 0 Å². The van der Waals surface area contributed by atoms with Gasteiger partial charge in [-0.25, -0.2) is 18.7 Å². The summed E-state index contributed by atoms with van der Waals surface area (Å²) in [5.74, 6) is 0.795. The number of anilines is 1. The minimum Gasteiger partial charge on any atom is -0.356 e. The van der Waals surface area contributed by atoms with Crippen molar-refractivity contribution in [2.75, 3.05) is 24.5 Å². The SMILES string of the molecule is O=C(CC1CCN(c2ncnc3cnccc23)CC1)NCC(F)F. The number of hydrogen-bond acceptors (Lipinski definition) is 5. The Labute approximate surface area is 138 Å². The van der Waals surface area contributed by atoms with E-state index >= 15 is 0 Å². The van der Waals surface area contributed by atoms with E-state index in [4.69, 9.17) is 0 Å². The van der Waals surface area contributed by atoms with E-state index in [2.05, 4.69) is 25.2 Å². The zero-order chi connectivity index (χ0) is 16.9. The Kier molecular flexibility index (Phi) is 5.12. The van der Waals surface area contributed by atoms with E-state index in [-0.39, 0.29) is 11.8 Å². The maximum atomic E-state index is 12.1. The van der Waals surface area contributed by atoms with Crippen LogP contribution >= 0.6 is 0 Å². The Bertz CT molecular complexity index is 698. The van der Waals surface area contributed by atoms with Crippen molar-refractivity contribution < 1.29 is 13.6 Å². The number of fused-ring (bicyclic) bond motifs is 1. The maximum Gasteiger partial charge on any atom is 0.255 e. The minimum atomic E-state index is -2.50. The molecule has 8 heteroatoms. The Morgan fingerprint density at radius 2 is 2.12 bits per heavy atom. The first-order chi connectivity index (χ1) is 11.6. The molecule has 0 aliphatic carbocycles. The predicted molar refractivity (Wildman–Crippen MR) is 85.9 cm³/mol. The molecule has 2 aromatic rings. The fourth-order valence-electron chi connectivity index (χ4n) is 3.02. The third-order valence-electron chi connectivity index (χ3n) is 4.26. The van der Waals surface area contributed by atoms with Gasteiger partial charge in [0, 0.05) is 31.1 Å². The summed E-state index contributed by atoms with van der Waals surface area (Å²) in [6, 6.07) is 1.90. The lowest BCUT2D eigenvalue weighted by atomic mass is 9.93. The number of rotatable bonds is 5. The van der Waals surface area contributed by atoms with Crippen molar-refractivity contribution in [3.05, 3.63) is 24.8 Å². The lowest BCUT2D eigenvalue weighted by Gasteiger charge is -2.33. The first-order valence-electron chi connectivity index (χ1n) is 7.98. The van der Waals surface area contributed by atoms with Crippen LogP contribution in [0.1, 0.15) is 19.3 Å². The highest BCUT2D eigenvalue weighted by Gasteiger charge is 2.23. The summed E-state index contributed by atoms with van der Waals surface area (Å²) in [7, 11) is 0. The number of aromatic nitrogens is 3. The number of carbonyl (C=O) groups excluding carboxylic acids is 1. The summed E-state index contributed by atoms with van der Waals surface area (Å²) in [5.41, 5.74) is 0.802. The number of halogens is 2.